The Hall–Kier alpha value is -0.660. The number of nitrogens with zero attached hydrogens (tertiary/aromatic N) is 2. The van der Waals surface area contributed by atoms with Gasteiger partial charge in [0.25, 0.3) is 0 Å². The Morgan fingerprint density at radius 1 is 0.567 bits per heavy atom. The van der Waals surface area contributed by atoms with Crippen LogP contribution in [0, 0.1) is 0 Å². The van der Waals surface area contributed by atoms with E-state index in [9.17, 15) is 0 Å². The molecule has 1 unspecified atom stereocenters. The van der Waals surface area contributed by atoms with Crippen LogP contribution < -0.4 is 0 Å². The smallest absolute Gasteiger partial charge is 0.101 e. The lowest BCUT2D eigenvalue weighted by atomic mass is 10.0. The molecule has 0 bridgehead atoms. The molecule has 0 amide bonds. The summed E-state index contributed by atoms with van der Waals surface area (Å²) in [7, 11) is 0. The van der Waals surface area contributed by atoms with Gasteiger partial charge in [-0.2, -0.15) is 0 Å². The van der Waals surface area contributed by atoms with Crippen LogP contribution in [-0.4, -0.2) is 28.6 Å². The quantitative estimate of drug-likeness (QED) is 0.171. The molecule has 0 N–H and O–H groups in total. The molecule has 0 saturated carbocycles. The molecule has 30 heavy (non-hydrogen) atoms. The fourth-order valence-electron chi connectivity index (χ4n) is 4.83. The lowest BCUT2D eigenvalue weighted by Gasteiger charge is -2.35. The van der Waals surface area contributed by atoms with E-state index in [1.807, 2.05) is 0 Å². The van der Waals surface area contributed by atoms with Gasteiger partial charge in [-0.05, 0) is 33.1 Å². The normalized spacial score (nSPS) is 16.4. The molecular weight excluding hydrogens is 364 g/mol. The third kappa shape index (κ3) is 12.9. The Labute approximate surface area is 190 Å². The van der Waals surface area contributed by atoms with E-state index in [1.54, 1.807) is 0 Å². The maximum Gasteiger partial charge on any atom is 0.101 e. The molecule has 178 valence electrons. The van der Waals surface area contributed by atoms with Crippen molar-refractivity contribution < 1.29 is 0 Å². The minimum absolute atomic E-state index is 0.609. The summed E-state index contributed by atoms with van der Waals surface area (Å²) in [6.45, 7) is 10.5. The van der Waals surface area contributed by atoms with Gasteiger partial charge >= 0.3 is 0 Å². The fourth-order valence-corrected chi connectivity index (χ4v) is 4.83. The summed E-state index contributed by atoms with van der Waals surface area (Å²) in [5, 5.41) is 0. The van der Waals surface area contributed by atoms with Gasteiger partial charge in [0, 0.05) is 25.0 Å². The molecule has 1 atom stereocenters. The van der Waals surface area contributed by atoms with Crippen molar-refractivity contribution in [2.75, 3.05) is 6.54 Å². The van der Waals surface area contributed by atoms with Crippen LogP contribution >= 0.6 is 0 Å². The Balaban J connectivity index is 2.13. The van der Waals surface area contributed by atoms with E-state index in [0.717, 1.165) is 0 Å². The Bertz CT molecular complexity index is 390. The topological polar surface area (TPSA) is 6.48 Å². The van der Waals surface area contributed by atoms with Gasteiger partial charge in [-0.25, -0.2) is 0 Å². The first-order valence-electron chi connectivity index (χ1n) is 13.9. The highest BCUT2D eigenvalue weighted by Gasteiger charge is 2.26. The van der Waals surface area contributed by atoms with E-state index in [0.29, 0.717) is 12.2 Å². The molecule has 0 aromatic rings. The zero-order chi connectivity index (χ0) is 21.9. The summed E-state index contributed by atoms with van der Waals surface area (Å²) in [6, 6.07) is 0.609. The van der Waals surface area contributed by atoms with Crippen molar-refractivity contribution in [2.45, 2.75) is 162 Å². The van der Waals surface area contributed by atoms with Crippen LogP contribution in [0.2, 0.25) is 0 Å². The second-order valence-electron chi connectivity index (χ2n) is 10.0. The van der Waals surface area contributed by atoms with Crippen molar-refractivity contribution in [1.29, 1.82) is 0 Å². The third-order valence-corrected chi connectivity index (χ3v) is 6.84. The largest absolute Gasteiger partial charge is 0.356 e. The number of hydrogen-bond acceptors (Lipinski definition) is 2. The molecular formula is C28H56N2. The number of unbranched alkanes of at least 4 members (excludes halogenated alkanes) is 16. The van der Waals surface area contributed by atoms with E-state index in [4.69, 9.17) is 0 Å². The molecule has 0 radical (unpaired) electrons. The van der Waals surface area contributed by atoms with Crippen LogP contribution in [0.25, 0.3) is 0 Å². The summed E-state index contributed by atoms with van der Waals surface area (Å²) in [4.78, 5) is 5.24. The summed E-state index contributed by atoms with van der Waals surface area (Å²) in [5.41, 5.74) is 0. The van der Waals surface area contributed by atoms with Gasteiger partial charge in [0.2, 0.25) is 0 Å². The molecule has 0 saturated heterocycles. The van der Waals surface area contributed by atoms with Crippen LogP contribution in [-0.2, 0) is 0 Å². The molecule has 2 nitrogen and oxygen atoms in total. The SMILES string of the molecule is CCCCCCCCCCCCC1N(CCCCCCCCCC)C=CN1C(C)C. The molecule has 1 aliphatic rings. The Kier molecular flexibility index (Phi) is 17.4. The van der Waals surface area contributed by atoms with E-state index >= 15 is 0 Å². The van der Waals surface area contributed by atoms with E-state index in [-0.39, 0.29) is 0 Å². The zero-order valence-corrected chi connectivity index (χ0v) is 21.3. The molecule has 1 rings (SSSR count). The second-order valence-corrected chi connectivity index (χ2v) is 10.0. The third-order valence-electron chi connectivity index (χ3n) is 6.84. The van der Waals surface area contributed by atoms with Crippen LogP contribution in [0.5, 0.6) is 0 Å². The lowest BCUT2D eigenvalue weighted by molar-refractivity contribution is 0.114. The highest BCUT2D eigenvalue weighted by molar-refractivity contribution is 4.98. The van der Waals surface area contributed by atoms with Crippen molar-refractivity contribution in [3.63, 3.8) is 0 Å². The average molecular weight is 421 g/mol. The Morgan fingerprint density at radius 2 is 1.00 bits per heavy atom. The lowest BCUT2D eigenvalue weighted by Crippen LogP contribution is -2.42. The molecule has 0 aliphatic carbocycles. The predicted molar refractivity (Wildman–Crippen MR) is 136 cm³/mol. The Morgan fingerprint density at radius 3 is 1.47 bits per heavy atom. The average Bonchev–Trinajstić information content (AvgIpc) is 3.14. The maximum absolute atomic E-state index is 2.64. The van der Waals surface area contributed by atoms with Gasteiger partial charge in [-0.3, -0.25) is 0 Å². The minimum atomic E-state index is 0.609. The monoisotopic (exact) mass is 420 g/mol. The predicted octanol–water partition coefficient (Wildman–Crippen LogP) is 9.26. The first-order chi connectivity index (χ1) is 14.7. The maximum atomic E-state index is 2.64. The standard InChI is InChI=1S/C28H56N2/c1-5-7-9-11-13-15-16-17-19-21-23-28-29(25-26-30(28)27(3)4)24-22-20-18-14-12-10-8-6-2/h25-28H,5-24H2,1-4H3. The van der Waals surface area contributed by atoms with Gasteiger partial charge in [-0.15, -0.1) is 0 Å². The van der Waals surface area contributed by atoms with Crippen molar-refractivity contribution in [1.82, 2.24) is 9.80 Å². The van der Waals surface area contributed by atoms with Crippen molar-refractivity contribution >= 4 is 0 Å². The summed E-state index contributed by atoms with van der Waals surface area (Å²) in [5.74, 6) is 0. The van der Waals surface area contributed by atoms with Crippen molar-refractivity contribution in [3.05, 3.63) is 12.4 Å². The summed E-state index contributed by atoms with van der Waals surface area (Å²) < 4.78 is 0. The molecule has 0 spiro atoms. The second kappa shape index (κ2) is 19.1. The van der Waals surface area contributed by atoms with Crippen molar-refractivity contribution in [3.8, 4) is 0 Å². The van der Waals surface area contributed by atoms with E-state index < -0.39 is 0 Å². The van der Waals surface area contributed by atoms with E-state index in [1.165, 1.54) is 129 Å². The molecule has 1 aliphatic heterocycles. The first kappa shape index (κ1) is 27.4. The summed E-state index contributed by atoms with van der Waals surface area (Å²) in [6.07, 6.45) is 32.3. The summed E-state index contributed by atoms with van der Waals surface area (Å²) >= 11 is 0. The van der Waals surface area contributed by atoms with Crippen LogP contribution in [0.3, 0.4) is 0 Å². The zero-order valence-electron chi connectivity index (χ0n) is 21.3. The molecule has 2 heteroatoms. The molecule has 0 aromatic heterocycles. The molecule has 0 fully saturated rings. The van der Waals surface area contributed by atoms with Gasteiger partial charge in [0.1, 0.15) is 6.17 Å². The van der Waals surface area contributed by atoms with Crippen LogP contribution in [0.4, 0.5) is 0 Å². The number of hydrogen-bond donors (Lipinski definition) is 0. The molecule has 1 heterocycles. The van der Waals surface area contributed by atoms with E-state index in [2.05, 4.69) is 49.9 Å². The van der Waals surface area contributed by atoms with Crippen LogP contribution in [0.15, 0.2) is 12.4 Å². The highest BCUT2D eigenvalue weighted by Crippen LogP contribution is 2.25. The minimum Gasteiger partial charge on any atom is -0.356 e. The number of rotatable bonds is 21. The van der Waals surface area contributed by atoms with Gasteiger partial charge in [-0.1, -0.05) is 117 Å². The molecule has 0 aromatic carbocycles. The fraction of sp³-hybridized carbons (Fsp3) is 0.929. The van der Waals surface area contributed by atoms with Gasteiger partial charge in [0.05, 0.1) is 0 Å². The highest BCUT2D eigenvalue weighted by atomic mass is 15.4. The van der Waals surface area contributed by atoms with Crippen molar-refractivity contribution in [2.24, 2.45) is 0 Å². The first-order valence-corrected chi connectivity index (χ1v) is 13.9. The van der Waals surface area contributed by atoms with Gasteiger partial charge in [0.15, 0.2) is 0 Å². The van der Waals surface area contributed by atoms with Gasteiger partial charge < -0.3 is 9.80 Å². The van der Waals surface area contributed by atoms with Crippen LogP contribution in [0.1, 0.15) is 150 Å².